The summed E-state index contributed by atoms with van der Waals surface area (Å²) >= 11 is 6.10. The molecule has 1 atom stereocenters. The summed E-state index contributed by atoms with van der Waals surface area (Å²) in [6, 6.07) is 3.82. The lowest BCUT2D eigenvalue weighted by molar-refractivity contribution is 0.359. The molecule has 1 rings (SSSR count). The summed E-state index contributed by atoms with van der Waals surface area (Å²) in [6.07, 6.45) is 1.67. The van der Waals surface area contributed by atoms with Crippen LogP contribution < -0.4 is 0 Å². The van der Waals surface area contributed by atoms with Crippen molar-refractivity contribution in [1.29, 1.82) is 0 Å². The molecular formula is C12H19ClO2Si. The van der Waals surface area contributed by atoms with Gasteiger partial charge >= 0.3 is 0 Å². The fourth-order valence-corrected chi connectivity index (χ4v) is 2.71. The summed E-state index contributed by atoms with van der Waals surface area (Å²) < 4.78 is 11.4. The zero-order valence-electron chi connectivity index (χ0n) is 10.5. The summed E-state index contributed by atoms with van der Waals surface area (Å²) in [5.74, 6) is 1.78. The van der Waals surface area contributed by atoms with Crippen LogP contribution in [-0.2, 0) is 4.43 Å². The predicted molar refractivity (Wildman–Crippen MR) is 70.1 cm³/mol. The van der Waals surface area contributed by atoms with Gasteiger partial charge in [0.15, 0.2) is 0 Å². The third-order valence-corrected chi connectivity index (χ3v) is 3.14. The first-order valence-corrected chi connectivity index (χ1v) is 9.18. The minimum absolute atomic E-state index is 0.0687. The summed E-state index contributed by atoms with van der Waals surface area (Å²) in [5, 5.41) is 0.700. The Bertz CT molecular complexity index is 359. The molecule has 0 saturated carbocycles. The average Bonchev–Trinajstić information content (AvgIpc) is 2.63. The van der Waals surface area contributed by atoms with Gasteiger partial charge in [-0.2, -0.15) is 0 Å². The van der Waals surface area contributed by atoms with E-state index in [0.717, 1.165) is 11.5 Å². The summed E-state index contributed by atoms with van der Waals surface area (Å²) in [4.78, 5) is 0. The molecule has 0 aliphatic heterocycles. The van der Waals surface area contributed by atoms with E-state index in [1.807, 2.05) is 26.0 Å². The number of allylic oxidation sites excluding steroid dienone is 2. The Labute approximate surface area is 103 Å². The van der Waals surface area contributed by atoms with E-state index in [1.54, 1.807) is 6.26 Å². The second-order valence-corrected chi connectivity index (χ2v) is 9.85. The average molecular weight is 259 g/mol. The highest BCUT2D eigenvalue weighted by Crippen LogP contribution is 2.31. The number of hydrogen-bond acceptors (Lipinski definition) is 2. The molecule has 0 bridgehead atoms. The lowest BCUT2D eigenvalue weighted by Crippen LogP contribution is -2.26. The maximum absolute atomic E-state index is 6.10. The fourth-order valence-electron chi connectivity index (χ4n) is 1.45. The van der Waals surface area contributed by atoms with Crippen LogP contribution in [0.1, 0.15) is 25.5 Å². The van der Waals surface area contributed by atoms with Crippen LogP contribution in [0.2, 0.25) is 19.6 Å². The van der Waals surface area contributed by atoms with E-state index in [4.69, 9.17) is 20.4 Å². The molecule has 0 aromatic carbocycles. The van der Waals surface area contributed by atoms with Crippen LogP contribution in [0, 0.1) is 0 Å². The lowest BCUT2D eigenvalue weighted by atomic mass is 10.1. The predicted octanol–water partition coefficient (Wildman–Crippen LogP) is 4.70. The Morgan fingerprint density at radius 3 is 2.44 bits per heavy atom. The van der Waals surface area contributed by atoms with Crippen molar-refractivity contribution in [1.82, 2.24) is 0 Å². The quantitative estimate of drug-likeness (QED) is 0.577. The molecule has 0 amide bonds. The van der Waals surface area contributed by atoms with Gasteiger partial charge in [0.05, 0.1) is 17.2 Å². The molecule has 1 unspecified atom stereocenters. The summed E-state index contributed by atoms with van der Waals surface area (Å²) in [5.41, 5.74) is 0. The molecule has 16 heavy (non-hydrogen) atoms. The molecule has 90 valence electrons. The molecule has 0 spiro atoms. The second kappa shape index (κ2) is 5.10. The van der Waals surface area contributed by atoms with Gasteiger partial charge in [-0.3, -0.25) is 0 Å². The molecule has 0 aliphatic carbocycles. The molecule has 0 N–H and O–H groups in total. The van der Waals surface area contributed by atoms with Crippen LogP contribution in [0.15, 0.2) is 33.6 Å². The van der Waals surface area contributed by atoms with Crippen molar-refractivity contribution >= 4 is 19.9 Å². The largest absolute Gasteiger partial charge is 0.546 e. The van der Waals surface area contributed by atoms with E-state index in [-0.39, 0.29) is 5.92 Å². The van der Waals surface area contributed by atoms with Crippen molar-refractivity contribution in [3.8, 4) is 0 Å². The maximum atomic E-state index is 6.10. The van der Waals surface area contributed by atoms with E-state index >= 15 is 0 Å². The van der Waals surface area contributed by atoms with Crippen molar-refractivity contribution in [2.45, 2.75) is 39.4 Å². The highest BCUT2D eigenvalue weighted by molar-refractivity contribution is 6.70. The fraction of sp³-hybridized carbons (Fsp3) is 0.500. The van der Waals surface area contributed by atoms with Crippen LogP contribution >= 0.6 is 11.6 Å². The topological polar surface area (TPSA) is 22.4 Å². The van der Waals surface area contributed by atoms with Gasteiger partial charge in [-0.05, 0) is 45.6 Å². The first kappa shape index (κ1) is 13.4. The van der Waals surface area contributed by atoms with Crippen LogP contribution in [0.4, 0.5) is 0 Å². The molecule has 4 heteroatoms. The SMILES string of the molecule is C/C(Cl)=C(\O[Si](C)(C)C)C(C)c1ccco1. The molecule has 0 fully saturated rings. The van der Waals surface area contributed by atoms with Gasteiger partial charge in [0, 0.05) is 0 Å². The van der Waals surface area contributed by atoms with Crippen LogP contribution in [0.25, 0.3) is 0 Å². The van der Waals surface area contributed by atoms with Crippen LogP contribution in [0.5, 0.6) is 0 Å². The molecule has 0 saturated heterocycles. The number of rotatable bonds is 4. The van der Waals surface area contributed by atoms with Gasteiger partial charge in [0.1, 0.15) is 11.5 Å². The van der Waals surface area contributed by atoms with Crippen molar-refractivity contribution in [3.63, 3.8) is 0 Å². The van der Waals surface area contributed by atoms with Crippen molar-refractivity contribution in [2.75, 3.05) is 0 Å². The molecule has 0 aliphatic rings. The van der Waals surface area contributed by atoms with Crippen LogP contribution in [-0.4, -0.2) is 8.32 Å². The smallest absolute Gasteiger partial charge is 0.241 e. The van der Waals surface area contributed by atoms with E-state index in [0.29, 0.717) is 5.03 Å². The van der Waals surface area contributed by atoms with E-state index < -0.39 is 8.32 Å². The molecule has 1 aromatic heterocycles. The van der Waals surface area contributed by atoms with Gasteiger partial charge in [-0.15, -0.1) is 0 Å². The Balaban J connectivity index is 2.93. The van der Waals surface area contributed by atoms with Crippen molar-refractivity contribution in [3.05, 3.63) is 34.9 Å². The minimum Gasteiger partial charge on any atom is -0.546 e. The van der Waals surface area contributed by atoms with Crippen LogP contribution in [0.3, 0.4) is 0 Å². The Kier molecular flexibility index (Phi) is 4.27. The zero-order valence-corrected chi connectivity index (χ0v) is 12.3. The molecule has 2 nitrogen and oxygen atoms in total. The van der Waals surface area contributed by atoms with Crippen molar-refractivity contribution in [2.24, 2.45) is 0 Å². The number of halogens is 1. The second-order valence-electron chi connectivity index (χ2n) is 4.85. The third-order valence-electron chi connectivity index (χ3n) is 2.12. The Hall–Kier alpha value is -0.673. The molecular weight excluding hydrogens is 240 g/mol. The first-order valence-electron chi connectivity index (χ1n) is 5.40. The van der Waals surface area contributed by atoms with Gasteiger partial charge < -0.3 is 8.84 Å². The molecule has 0 radical (unpaired) electrons. The standard InChI is InChI=1S/C12H19ClO2Si/c1-9(11-7-6-8-14-11)12(10(2)13)15-16(3,4)5/h6-9H,1-5H3/b12-10+. The van der Waals surface area contributed by atoms with Crippen molar-refractivity contribution < 1.29 is 8.84 Å². The Morgan fingerprint density at radius 1 is 1.44 bits per heavy atom. The van der Waals surface area contributed by atoms with E-state index in [1.165, 1.54) is 0 Å². The molecule has 1 aromatic rings. The lowest BCUT2D eigenvalue weighted by Gasteiger charge is -2.25. The highest BCUT2D eigenvalue weighted by atomic mass is 35.5. The number of hydrogen-bond donors (Lipinski definition) is 0. The van der Waals surface area contributed by atoms with E-state index in [2.05, 4.69) is 19.6 Å². The van der Waals surface area contributed by atoms with Gasteiger partial charge in [0.25, 0.3) is 0 Å². The maximum Gasteiger partial charge on any atom is 0.241 e. The van der Waals surface area contributed by atoms with E-state index in [9.17, 15) is 0 Å². The van der Waals surface area contributed by atoms with Gasteiger partial charge in [0.2, 0.25) is 8.32 Å². The number of furan rings is 1. The van der Waals surface area contributed by atoms with Gasteiger partial charge in [-0.25, -0.2) is 0 Å². The molecule has 1 heterocycles. The minimum atomic E-state index is -1.64. The van der Waals surface area contributed by atoms with Gasteiger partial charge in [-0.1, -0.05) is 11.6 Å². The Morgan fingerprint density at radius 2 is 2.06 bits per heavy atom. The summed E-state index contributed by atoms with van der Waals surface area (Å²) in [6.45, 7) is 10.3. The highest BCUT2D eigenvalue weighted by Gasteiger charge is 2.24. The normalized spacial score (nSPS) is 15.6. The monoisotopic (exact) mass is 258 g/mol. The third kappa shape index (κ3) is 3.72. The summed E-state index contributed by atoms with van der Waals surface area (Å²) in [7, 11) is -1.64. The first-order chi connectivity index (χ1) is 7.31. The zero-order chi connectivity index (χ0) is 12.3.